The molecule has 0 amide bonds. The summed E-state index contributed by atoms with van der Waals surface area (Å²) >= 11 is 0. The normalized spacial score (nSPS) is 22.7. The Morgan fingerprint density at radius 3 is 3.13 bits per heavy atom. The van der Waals surface area contributed by atoms with Gasteiger partial charge in [0, 0.05) is 19.7 Å². The zero-order valence-corrected chi connectivity index (χ0v) is 8.82. The van der Waals surface area contributed by atoms with Crippen LogP contribution in [0.3, 0.4) is 0 Å². The van der Waals surface area contributed by atoms with Crippen LogP contribution in [0.4, 0.5) is 0 Å². The second-order valence-electron chi connectivity index (χ2n) is 3.83. The molecule has 0 aliphatic carbocycles. The van der Waals surface area contributed by atoms with Crippen LogP contribution in [0.1, 0.15) is 19.3 Å². The third-order valence-electron chi connectivity index (χ3n) is 2.67. The van der Waals surface area contributed by atoms with Crippen LogP contribution in [0, 0.1) is 5.92 Å². The number of hydrogen-bond acceptors (Lipinski definition) is 6. The van der Waals surface area contributed by atoms with Crippen LogP contribution < -0.4 is 11.4 Å². The molecule has 6 nitrogen and oxygen atoms in total. The van der Waals surface area contributed by atoms with Crippen molar-refractivity contribution in [3.05, 3.63) is 0 Å². The lowest BCUT2D eigenvalue weighted by molar-refractivity contribution is -0.151. The van der Waals surface area contributed by atoms with E-state index >= 15 is 0 Å². The molecule has 1 atom stereocenters. The Bertz CT molecular complexity index is 201. The second-order valence-corrected chi connectivity index (χ2v) is 3.83. The number of piperidine rings is 1. The Morgan fingerprint density at radius 2 is 2.47 bits per heavy atom. The quantitative estimate of drug-likeness (QED) is 0.404. The fourth-order valence-electron chi connectivity index (χ4n) is 1.87. The first-order chi connectivity index (χ1) is 7.26. The molecule has 0 bridgehead atoms. The Morgan fingerprint density at radius 1 is 1.67 bits per heavy atom. The van der Waals surface area contributed by atoms with Gasteiger partial charge in [0.1, 0.15) is 0 Å². The number of carbonyl (C=O) groups is 1. The minimum absolute atomic E-state index is 0.227. The van der Waals surface area contributed by atoms with Gasteiger partial charge in [-0.1, -0.05) is 5.59 Å². The number of likely N-dealkylation sites (tertiary alicyclic amines) is 1. The maximum Gasteiger partial charge on any atom is 0.327 e. The maximum atomic E-state index is 11.0. The SMILES string of the molecule is NNOC(=O)CCN1CCCC(CO)C1. The lowest BCUT2D eigenvalue weighted by Gasteiger charge is -2.31. The smallest absolute Gasteiger partial charge is 0.327 e. The number of rotatable bonds is 5. The fraction of sp³-hybridized carbons (Fsp3) is 0.889. The van der Waals surface area contributed by atoms with E-state index in [2.05, 4.69) is 9.74 Å². The average Bonchev–Trinajstić information content (AvgIpc) is 2.27. The van der Waals surface area contributed by atoms with E-state index in [-0.39, 0.29) is 12.6 Å². The van der Waals surface area contributed by atoms with Gasteiger partial charge in [0.15, 0.2) is 0 Å². The molecule has 4 N–H and O–H groups in total. The standard InChI is InChI=1S/C9H19N3O3/c10-11-15-9(14)3-5-12-4-1-2-8(6-12)7-13/h8,11,13H,1-7,10H2. The van der Waals surface area contributed by atoms with Crippen LogP contribution in [-0.4, -0.2) is 42.2 Å². The third-order valence-corrected chi connectivity index (χ3v) is 2.67. The molecule has 6 heteroatoms. The first kappa shape index (κ1) is 12.4. The monoisotopic (exact) mass is 217 g/mol. The van der Waals surface area contributed by atoms with E-state index in [1.54, 1.807) is 0 Å². The van der Waals surface area contributed by atoms with Crippen molar-refractivity contribution in [2.45, 2.75) is 19.3 Å². The lowest BCUT2D eigenvalue weighted by atomic mass is 9.99. The van der Waals surface area contributed by atoms with Crippen molar-refractivity contribution in [1.29, 1.82) is 0 Å². The molecule has 0 saturated carbocycles. The Hall–Kier alpha value is -0.690. The number of aliphatic hydroxyl groups is 1. The van der Waals surface area contributed by atoms with E-state index in [0.29, 0.717) is 18.9 Å². The minimum atomic E-state index is -0.358. The topological polar surface area (TPSA) is 87.8 Å². The van der Waals surface area contributed by atoms with Gasteiger partial charge in [0.25, 0.3) is 0 Å². The van der Waals surface area contributed by atoms with Gasteiger partial charge in [-0.25, -0.2) is 5.84 Å². The first-order valence-electron chi connectivity index (χ1n) is 5.24. The molecule has 1 rings (SSSR count). The molecule has 0 spiro atoms. The minimum Gasteiger partial charge on any atom is -0.396 e. The van der Waals surface area contributed by atoms with Crippen LogP contribution in [0.2, 0.25) is 0 Å². The van der Waals surface area contributed by atoms with Gasteiger partial charge in [0.05, 0.1) is 6.42 Å². The fourth-order valence-corrected chi connectivity index (χ4v) is 1.87. The van der Waals surface area contributed by atoms with Gasteiger partial charge < -0.3 is 14.8 Å². The number of nitrogens with two attached hydrogens (primary N) is 1. The second kappa shape index (κ2) is 6.73. The molecule has 1 aliphatic heterocycles. The molecule has 0 aromatic heterocycles. The number of carbonyl (C=O) groups excluding carboxylic acids is 1. The van der Waals surface area contributed by atoms with Crippen molar-refractivity contribution >= 4 is 5.97 Å². The molecular formula is C9H19N3O3. The number of hydrazine groups is 1. The van der Waals surface area contributed by atoms with Crippen molar-refractivity contribution in [3.8, 4) is 0 Å². The first-order valence-corrected chi connectivity index (χ1v) is 5.24. The maximum absolute atomic E-state index is 11.0. The summed E-state index contributed by atoms with van der Waals surface area (Å²) in [7, 11) is 0. The zero-order chi connectivity index (χ0) is 11.1. The number of nitrogens with one attached hydrogen (secondary N) is 1. The Labute approximate surface area is 89.3 Å². The predicted molar refractivity (Wildman–Crippen MR) is 54.3 cm³/mol. The van der Waals surface area contributed by atoms with Gasteiger partial charge in [-0.05, 0) is 25.3 Å². The van der Waals surface area contributed by atoms with Crippen LogP contribution in [0.25, 0.3) is 0 Å². The summed E-state index contributed by atoms with van der Waals surface area (Å²) in [5.74, 6) is 4.83. The molecule has 0 aromatic carbocycles. The van der Waals surface area contributed by atoms with Crippen LogP contribution >= 0.6 is 0 Å². The highest BCUT2D eigenvalue weighted by Crippen LogP contribution is 2.15. The van der Waals surface area contributed by atoms with Gasteiger partial charge in [-0.15, -0.1) is 0 Å². The highest BCUT2D eigenvalue weighted by atomic mass is 16.7. The molecule has 0 aromatic rings. The van der Waals surface area contributed by atoms with Crippen molar-refractivity contribution in [2.75, 3.05) is 26.2 Å². The Balaban J connectivity index is 2.17. The van der Waals surface area contributed by atoms with Crippen LogP contribution in [0.5, 0.6) is 0 Å². The van der Waals surface area contributed by atoms with Gasteiger partial charge >= 0.3 is 5.97 Å². The molecule has 15 heavy (non-hydrogen) atoms. The highest BCUT2D eigenvalue weighted by Gasteiger charge is 2.19. The van der Waals surface area contributed by atoms with Gasteiger partial charge in [-0.2, -0.15) is 0 Å². The largest absolute Gasteiger partial charge is 0.396 e. The van der Waals surface area contributed by atoms with E-state index < -0.39 is 0 Å². The van der Waals surface area contributed by atoms with Crippen molar-refractivity contribution < 1.29 is 14.7 Å². The summed E-state index contributed by atoms with van der Waals surface area (Å²) < 4.78 is 0. The molecule has 1 aliphatic rings. The molecule has 1 heterocycles. The van der Waals surface area contributed by atoms with Crippen molar-refractivity contribution in [3.63, 3.8) is 0 Å². The van der Waals surface area contributed by atoms with Crippen LogP contribution in [0.15, 0.2) is 0 Å². The summed E-state index contributed by atoms with van der Waals surface area (Å²) in [5.41, 5.74) is 1.87. The molecule has 1 unspecified atom stereocenters. The molecular weight excluding hydrogens is 198 g/mol. The molecule has 1 fully saturated rings. The van der Waals surface area contributed by atoms with E-state index in [4.69, 9.17) is 10.9 Å². The average molecular weight is 217 g/mol. The Kier molecular flexibility index (Phi) is 5.56. The third kappa shape index (κ3) is 4.57. The van der Waals surface area contributed by atoms with E-state index in [0.717, 1.165) is 25.9 Å². The summed E-state index contributed by atoms with van der Waals surface area (Å²) in [5, 5.41) is 9.03. The van der Waals surface area contributed by atoms with Gasteiger partial charge in [0.2, 0.25) is 0 Å². The predicted octanol–water partition coefficient (Wildman–Crippen LogP) is -0.998. The molecule has 88 valence electrons. The van der Waals surface area contributed by atoms with E-state index in [9.17, 15) is 4.79 Å². The lowest BCUT2D eigenvalue weighted by Crippen LogP contribution is -2.38. The summed E-state index contributed by atoms with van der Waals surface area (Å²) in [6, 6.07) is 0. The zero-order valence-electron chi connectivity index (χ0n) is 8.82. The number of nitrogens with zero attached hydrogens (tertiary/aromatic N) is 1. The number of hydrogen-bond donors (Lipinski definition) is 3. The molecule has 1 saturated heterocycles. The van der Waals surface area contributed by atoms with Gasteiger partial charge in [-0.3, -0.25) is 4.79 Å². The van der Waals surface area contributed by atoms with Crippen molar-refractivity contribution in [1.82, 2.24) is 10.5 Å². The molecule has 0 radical (unpaired) electrons. The van der Waals surface area contributed by atoms with E-state index in [1.165, 1.54) is 0 Å². The van der Waals surface area contributed by atoms with Crippen LogP contribution in [-0.2, 0) is 9.63 Å². The van der Waals surface area contributed by atoms with Crippen molar-refractivity contribution in [2.24, 2.45) is 11.8 Å². The summed E-state index contributed by atoms with van der Waals surface area (Å²) in [4.78, 5) is 17.6. The summed E-state index contributed by atoms with van der Waals surface area (Å²) in [6.07, 6.45) is 2.47. The number of aliphatic hydroxyl groups excluding tert-OH is 1. The highest BCUT2D eigenvalue weighted by molar-refractivity contribution is 5.69. The van der Waals surface area contributed by atoms with E-state index in [1.807, 2.05) is 5.59 Å². The summed E-state index contributed by atoms with van der Waals surface area (Å²) in [6.45, 7) is 2.74.